The zero-order chi connectivity index (χ0) is 22.7. The maximum Gasteiger partial charge on any atom is 0.412 e. The molecule has 162 valence electrons. The average molecular weight is 428 g/mol. The van der Waals surface area contributed by atoms with Crippen LogP contribution in [0.4, 0.5) is 16.2 Å². The third-order valence-electron chi connectivity index (χ3n) is 4.72. The van der Waals surface area contributed by atoms with Crippen molar-refractivity contribution in [1.82, 2.24) is 4.98 Å². The second kappa shape index (κ2) is 8.59. The third-order valence-corrected chi connectivity index (χ3v) is 4.72. The van der Waals surface area contributed by atoms with Gasteiger partial charge in [-0.25, -0.2) is 9.79 Å². The fraction of sp³-hybridized carbons (Fsp3) is 0.154. The number of nitrogens with zero attached hydrogens (tertiary/aromatic N) is 1. The van der Waals surface area contributed by atoms with Gasteiger partial charge in [-0.05, 0) is 51.1 Å². The zero-order valence-electron chi connectivity index (χ0n) is 18.2. The van der Waals surface area contributed by atoms with Crippen LogP contribution in [0, 0.1) is 0 Å². The molecule has 0 unspecified atom stereocenters. The molecule has 0 saturated carbocycles. The van der Waals surface area contributed by atoms with Crippen LogP contribution in [0.15, 0.2) is 83.9 Å². The molecule has 0 aliphatic carbocycles. The van der Waals surface area contributed by atoms with E-state index >= 15 is 0 Å². The first-order chi connectivity index (χ1) is 15.3. The molecule has 0 fully saturated rings. The van der Waals surface area contributed by atoms with Crippen LogP contribution in [0.1, 0.15) is 31.9 Å². The van der Waals surface area contributed by atoms with Gasteiger partial charge in [0, 0.05) is 22.2 Å². The molecule has 1 amide bonds. The van der Waals surface area contributed by atoms with Crippen molar-refractivity contribution in [3.05, 3.63) is 90.0 Å². The summed E-state index contributed by atoms with van der Waals surface area (Å²) in [7, 11) is 0. The van der Waals surface area contributed by atoms with Crippen molar-refractivity contribution in [2.75, 3.05) is 5.32 Å². The van der Waals surface area contributed by atoms with E-state index < -0.39 is 11.7 Å². The summed E-state index contributed by atoms with van der Waals surface area (Å²) in [5.41, 5.74) is 3.72. The van der Waals surface area contributed by atoms with Crippen molar-refractivity contribution in [3.63, 3.8) is 0 Å². The highest BCUT2D eigenvalue weighted by molar-refractivity contribution is 6.21. The van der Waals surface area contributed by atoms with E-state index in [1.165, 1.54) is 0 Å². The summed E-state index contributed by atoms with van der Waals surface area (Å²) in [6.45, 7) is 5.45. The molecule has 3 aromatic carbocycles. The first kappa shape index (κ1) is 21.2. The Balaban J connectivity index is 1.71. The predicted molar refractivity (Wildman–Crippen MR) is 128 cm³/mol. The van der Waals surface area contributed by atoms with E-state index in [4.69, 9.17) is 9.73 Å². The molecule has 0 radical (unpaired) electrons. The Bertz CT molecular complexity index is 1270. The number of H-pyrrole nitrogens is 1. The highest BCUT2D eigenvalue weighted by atomic mass is 16.6. The second-order valence-electron chi connectivity index (χ2n) is 8.39. The summed E-state index contributed by atoms with van der Waals surface area (Å²) in [6, 6.07) is 24.6. The molecule has 1 heterocycles. The molecular weight excluding hydrogens is 402 g/mol. The van der Waals surface area contributed by atoms with Crippen LogP contribution in [-0.2, 0) is 4.74 Å². The van der Waals surface area contributed by atoms with Crippen LogP contribution in [0.2, 0.25) is 0 Å². The maximum atomic E-state index is 12.0. The largest absolute Gasteiger partial charge is 0.494 e. The van der Waals surface area contributed by atoms with Crippen LogP contribution in [-0.4, -0.2) is 27.5 Å². The number of amides is 1. The molecule has 4 aromatic rings. The second-order valence-corrected chi connectivity index (χ2v) is 8.39. The van der Waals surface area contributed by atoms with Gasteiger partial charge in [0.2, 0.25) is 0 Å². The lowest BCUT2D eigenvalue weighted by Gasteiger charge is -2.19. The predicted octanol–water partition coefficient (Wildman–Crippen LogP) is 6.39. The Labute approximate surface area is 186 Å². The number of aliphatic imine (C=N–C) groups is 1. The van der Waals surface area contributed by atoms with Gasteiger partial charge in [0.15, 0.2) is 5.88 Å². The molecule has 4 rings (SSSR count). The van der Waals surface area contributed by atoms with Gasteiger partial charge >= 0.3 is 6.09 Å². The summed E-state index contributed by atoms with van der Waals surface area (Å²) in [4.78, 5) is 19.9. The Morgan fingerprint density at radius 1 is 0.938 bits per heavy atom. The molecule has 1 aromatic heterocycles. The lowest BCUT2D eigenvalue weighted by Crippen LogP contribution is -2.27. The number of aromatic nitrogens is 1. The van der Waals surface area contributed by atoms with Gasteiger partial charge in [0.25, 0.3) is 0 Å². The van der Waals surface area contributed by atoms with Crippen molar-refractivity contribution >= 4 is 34.1 Å². The fourth-order valence-corrected chi connectivity index (χ4v) is 3.40. The summed E-state index contributed by atoms with van der Waals surface area (Å²) in [5, 5.41) is 14.3. The van der Waals surface area contributed by atoms with Crippen LogP contribution < -0.4 is 5.32 Å². The molecule has 0 saturated heterocycles. The minimum absolute atomic E-state index is 0.0667. The number of benzene rings is 3. The van der Waals surface area contributed by atoms with E-state index in [9.17, 15) is 9.90 Å². The molecule has 0 atom stereocenters. The highest BCUT2D eigenvalue weighted by Gasteiger charge is 2.19. The number of anilines is 1. The number of aromatic amines is 1. The van der Waals surface area contributed by atoms with Crippen molar-refractivity contribution in [2.24, 2.45) is 4.99 Å². The molecule has 0 aliphatic rings. The van der Waals surface area contributed by atoms with Gasteiger partial charge in [-0.2, -0.15) is 0 Å². The Kier molecular flexibility index (Phi) is 5.69. The number of aromatic hydroxyl groups is 1. The normalized spacial score (nSPS) is 12.0. The van der Waals surface area contributed by atoms with E-state index in [0.29, 0.717) is 22.6 Å². The van der Waals surface area contributed by atoms with Crippen LogP contribution in [0.25, 0.3) is 10.9 Å². The van der Waals surface area contributed by atoms with Crippen molar-refractivity contribution in [3.8, 4) is 5.88 Å². The first-order valence-corrected chi connectivity index (χ1v) is 10.3. The first-order valence-electron chi connectivity index (χ1n) is 10.3. The number of carbonyl (C=O) groups excluding carboxylic acids is 1. The van der Waals surface area contributed by atoms with Gasteiger partial charge in [-0.3, -0.25) is 5.32 Å². The lowest BCUT2D eigenvalue weighted by molar-refractivity contribution is 0.0636. The quantitative estimate of drug-likeness (QED) is 0.330. The number of hydrogen-bond donors (Lipinski definition) is 3. The van der Waals surface area contributed by atoms with Gasteiger partial charge in [0.1, 0.15) is 5.60 Å². The highest BCUT2D eigenvalue weighted by Crippen LogP contribution is 2.31. The van der Waals surface area contributed by atoms with Gasteiger partial charge in [0.05, 0.1) is 17.0 Å². The molecule has 3 N–H and O–H groups in total. The number of hydrogen-bond acceptors (Lipinski definition) is 4. The van der Waals surface area contributed by atoms with E-state index in [2.05, 4.69) is 10.3 Å². The minimum Gasteiger partial charge on any atom is -0.494 e. The van der Waals surface area contributed by atoms with Crippen LogP contribution in [0.5, 0.6) is 5.88 Å². The third kappa shape index (κ3) is 4.81. The molecule has 6 nitrogen and oxygen atoms in total. The number of rotatable bonds is 4. The Hall–Kier alpha value is -4.06. The lowest BCUT2D eigenvalue weighted by atomic mass is 10.0. The zero-order valence-corrected chi connectivity index (χ0v) is 18.2. The number of nitrogens with one attached hydrogen (secondary N) is 2. The molecular formula is C26H25N3O3. The standard InChI is InChI=1S/C26H25N3O3/c1-26(2,3)32-25(31)28-19-15-13-18(14-16-19)27-23(17-9-5-4-6-10-17)22-20-11-7-8-12-21(20)29-24(22)30/h4-16,29-30H,1-3H3,(H,28,31). The van der Waals surface area contributed by atoms with E-state index in [1.807, 2.05) is 87.5 Å². The number of carbonyl (C=O) groups is 1. The van der Waals surface area contributed by atoms with Crippen molar-refractivity contribution in [2.45, 2.75) is 26.4 Å². The van der Waals surface area contributed by atoms with E-state index in [-0.39, 0.29) is 5.88 Å². The Morgan fingerprint density at radius 3 is 2.28 bits per heavy atom. The number of para-hydroxylation sites is 1. The molecule has 0 bridgehead atoms. The van der Waals surface area contributed by atoms with Gasteiger partial charge < -0.3 is 14.8 Å². The average Bonchev–Trinajstić information content (AvgIpc) is 3.08. The summed E-state index contributed by atoms with van der Waals surface area (Å²) < 4.78 is 5.29. The van der Waals surface area contributed by atoms with Crippen LogP contribution in [0.3, 0.4) is 0 Å². The van der Waals surface area contributed by atoms with Gasteiger partial charge in [-0.1, -0.05) is 48.5 Å². The molecule has 6 heteroatoms. The summed E-state index contributed by atoms with van der Waals surface area (Å²) in [5.74, 6) is 0.0667. The molecule has 32 heavy (non-hydrogen) atoms. The fourth-order valence-electron chi connectivity index (χ4n) is 3.40. The van der Waals surface area contributed by atoms with E-state index in [1.54, 1.807) is 12.1 Å². The topological polar surface area (TPSA) is 86.7 Å². The monoisotopic (exact) mass is 427 g/mol. The van der Waals surface area contributed by atoms with Crippen molar-refractivity contribution in [1.29, 1.82) is 0 Å². The minimum atomic E-state index is -0.569. The maximum absolute atomic E-state index is 12.0. The van der Waals surface area contributed by atoms with E-state index in [0.717, 1.165) is 16.5 Å². The number of ether oxygens (including phenoxy) is 1. The number of fused-ring (bicyclic) bond motifs is 1. The van der Waals surface area contributed by atoms with Gasteiger partial charge in [-0.15, -0.1) is 0 Å². The van der Waals surface area contributed by atoms with Crippen LogP contribution >= 0.6 is 0 Å². The van der Waals surface area contributed by atoms with Crippen molar-refractivity contribution < 1.29 is 14.6 Å². The SMILES string of the molecule is CC(C)(C)OC(=O)Nc1ccc(N=C(c2ccccc2)c2c(O)[nH]c3ccccc23)cc1. The molecule has 0 aliphatic heterocycles. The summed E-state index contributed by atoms with van der Waals surface area (Å²) in [6.07, 6.45) is -0.512. The Morgan fingerprint density at radius 2 is 1.59 bits per heavy atom. The molecule has 0 spiro atoms. The summed E-state index contributed by atoms with van der Waals surface area (Å²) >= 11 is 0. The smallest absolute Gasteiger partial charge is 0.412 e.